The molecule has 0 saturated heterocycles. The third kappa shape index (κ3) is 8.79. The van der Waals surface area contributed by atoms with E-state index in [2.05, 4.69) is 0 Å². The third-order valence-electron chi connectivity index (χ3n) is 0.699. The monoisotopic (exact) mass is 297 g/mol. The molecule has 0 aromatic rings. The Kier molecular flexibility index (Phi) is 4.99. The standard InChI is InChI=1S/C3H7IO4S2/c4-10(7,8)3-1-2-9(5)6/h1-3H2,(H,5,6)/p-1. The van der Waals surface area contributed by atoms with Crippen molar-refractivity contribution in [2.75, 3.05) is 11.5 Å². The van der Waals surface area contributed by atoms with Crippen LogP contribution in [0, 0.1) is 0 Å². The van der Waals surface area contributed by atoms with Crippen LogP contribution in [0.4, 0.5) is 0 Å². The normalized spacial score (nSPS) is 15.0. The topological polar surface area (TPSA) is 74.3 Å². The van der Waals surface area contributed by atoms with E-state index in [-0.39, 0.29) is 17.9 Å². The van der Waals surface area contributed by atoms with Crippen LogP contribution in [-0.4, -0.2) is 28.7 Å². The average Bonchev–Trinajstić information content (AvgIpc) is 1.59. The molecular weight excluding hydrogens is 291 g/mol. The van der Waals surface area contributed by atoms with E-state index in [0.717, 1.165) is 0 Å². The number of halogens is 1. The van der Waals surface area contributed by atoms with Gasteiger partial charge in [-0.15, -0.1) is 0 Å². The predicted molar refractivity (Wildman–Crippen MR) is 46.2 cm³/mol. The fourth-order valence-electron chi connectivity index (χ4n) is 0.349. The van der Waals surface area contributed by atoms with Crippen LogP contribution in [0.15, 0.2) is 0 Å². The second-order valence-corrected chi connectivity index (χ2v) is 8.13. The quantitative estimate of drug-likeness (QED) is 0.416. The molecule has 62 valence electrons. The summed E-state index contributed by atoms with van der Waals surface area (Å²) in [6, 6.07) is 0. The van der Waals surface area contributed by atoms with Crippen molar-refractivity contribution in [3.8, 4) is 0 Å². The minimum absolute atomic E-state index is 0.0679. The Hall–Kier alpha value is 0.790. The Balaban J connectivity index is 3.49. The first kappa shape index (κ1) is 10.8. The minimum Gasteiger partial charge on any atom is -0.772 e. The second kappa shape index (κ2) is 4.62. The number of rotatable bonds is 4. The van der Waals surface area contributed by atoms with Crippen LogP contribution in [0.5, 0.6) is 0 Å². The van der Waals surface area contributed by atoms with E-state index in [1.165, 1.54) is 21.2 Å². The van der Waals surface area contributed by atoms with Gasteiger partial charge >= 0.3 is 0 Å². The molecule has 0 spiro atoms. The predicted octanol–water partition coefficient (Wildman–Crippen LogP) is 0.0204. The highest BCUT2D eigenvalue weighted by Crippen LogP contribution is 2.02. The molecule has 0 radical (unpaired) electrons. The van der Waals surface area contributed by atoms with Crippen LogP contribution in [0.3, 0.4) is 0 Å². The summed E-state index contributed by atoms with van der Waals surface area (Å²) in [5.74, 6) is -0.149. The van der Waals surface area contributed by atoms with Gasteiger partial charge in [-0.1, -0.05) is 11.1 Å². The Bertz CT molecular complexity index is 209. The molecule has 0 aromatic carbocycles. The first-order valence-corrected chi connectivity index (χ1v) is 7.84. The Morgan fingerprint density at radius 2 is 2.00 bits per heavy atom. The van der Waals surface area contributed by atoms with Crippen molar-refractivity contribution in [1.29, 1.82) is 0 Å². The van der Waals surface area contributed by atoms with Gasteiger partial charge in [-0.3, -0.25) is 4.21 Å². The molecule has 0 saturated carbocycles. The van der Waals surface area contributed by atoms with Crippen LogP contribution in [0.1, 0.15) is 6.42 Å². The Labute approximate surface area is 74.2 Å². The van der Waals surface area contributed by atoms with E-state index in [0.29, 0.717) is 0 Å². The lowest BCUT2D eigenvalue weighted by molar-refractivity contribution is 0.536. The van der Waals surface area contributed by atoms with Crippen molar-refractivity contribution in [2.45, 2.75) is 6.42 Å². The summed E-state index contributed by atoms with van der Waals surface area (Å²) in [5, 5.41) is 0. The van der Waals surface area contributed by atoms with Crippen LogP contribution in [0.2, 0.25) is 0 Å². The third-order valence-corrected chi connectivity index (χ3v) is 3.42. The molecule has 0 heterocycles. The van der Waals surface area contributed by atoms with Crippen LogP contribution in [0.25, 0.3) is 0 Å². The highest BCUT2D eigenvalue weighted by Gasteiger charge is 2.02. The Morgan fingerprint density at radius 3 is 2.30 bits per heavy atom. The van der Waals surface area contributed by atoms with Gasteiger partial charge in [-0.2, -0.15) is 0 Å². The molecule has 0 amide bonds. The molecule has 0 fully saturated rings. The molecule has 1 unspecified atom stereocenters. The summed E-state index contributed by atoms with van der Waals surface area (Å²) in [7, 11) is -3.02. The second-order valence-electron chi connectivity index (χ2n) is 1.60. The molecule has 0 N–H and O–H groups in total. The van der Waals surface area contributed by atoms with Gasteiger partial charge in [-0.25, -0.2) is 8.42 Å². The molecule has 0 rings (SSSR count). The van der Waals surface area contributed by atoms with Gasteiger partial charge in [-0.05, 0) is 6.42 Å². The van der Waals surface area contributed by atoms with E-state index in [4.69, 9.17) is 0 Å². The SMILES string of the molecule is O=S([O-])CCCS(=O)(=O)I. The van der Waals surface area contributed by atoms with Gasteiger partial charge in [0.1, 0.15) is 0 Å². The Morgan fingerprint density at radius 1 is 1.50 bits per heavy atom. The fourth-order valence-corrected chi connectivity index (χ4v) is 2.34. The van der Waals surface area contributed by atoms with Crippen molar-refractivity contribution >= 4 is 39.3 Å². The molecule has 1 atom stereocenters. The maximum Gasteiger partial charge on any atom is 0.203 e. The van der Waals surface area contributed by atoms with Gasteiger partial charge in [0.25, 0.3) is 0 Å². The zero-order valence-corrected chi connectivity index (χ0v) is 8.74. The highest BCUT2D eigenvalue weighted by atomic mass is 127. The van der Waals surface area contributed by atoms with Gasteiger partial charge in [0.05, 0.1) is 27.0 Å². The zero-order chi connectivity index (χ0) is 8.20. The molecule has 0 bridgehead atoms. The maximum atomic E-state index is 10.4. The van der Waals surface area contributed by atoms with Gasteiger partial charge in [0, 0.05) is 5.75 Å². The lowest BCUT2D eigenvalue weighted by atomic mass is 10.6. The largest absolute Gasteiger partial charge is 0.772 e. The molecule has 4 nitrogen and oxygen atoms in total. The van der Waals surface area contributed by atoms with E-state index < -0.39 is 18.1 Å². The van der Waals surface area contributed by atoms with Gasteiger partial charge in [0.15, 0.2) is 0 Å². The first-order valence-electron chi connectivity index (χ1n) is 2.40. The first-order chi connectivity index (χ1) is 4.42. The molecule has 0 aliphatic rings. The summed E-state index contributed by atoms with van der Waals surface area (Å²) in [6.07, 6.45) is 0.182. The summed E-state index contributed by atoms with van der Waals surface area (Å²) >= 11 is -0.823. The van der Waals surface area contributed by atoms with Crippen molar-refractivity contribution in [3.63, 3.8) is 0 Å². The molecule has 0 aliphatic heterocycles. The van der Waals surface area contributed by atoms with Gasteiger partial charge in [0.2, 0.25) is 7.01 Å². The molecule has 10 heavy (non-hydrogen) atoms. The van der Waals surface area contributed by atoms with E-state index >= 15 is 0 Å². The molecule has 7 heteroatoms. The zero-order valence-electron chi connectivity index (χ0n) is 4.95. The van der Waals surface area contributed by atoms with Gasteiger partial charge < -0.3 is 4.55 Å². The number of hydrogen-bond donors (Lipinski definition) is 0. The highest BCUT2D eigenvalue weighted by molar-refractivity contribution is 14.2. The number of hydrogen-bond acceptors (Lipinski definition) is 4. The average molecular weight is 297 g/mol. The van der Waals surface area contributed by atoms with E-state index in [1.807, 2.05) is 0 Å². The van der Waals surface area contributed by atoms with Crippen LogP contribution in [-0.2, 0) is 18.1 Å². The van der Waals surface area contributed by atoms with Crippen molar-refractivity contribution in [2.24, 2.45) is 0 Å². The van der Waals surface area contributed by atoms with Crippen molar-refractivity contribution < 1.29 is 17.2 Å². The lowest BCUT2D eigenvalue weighted by Crippen LogP contribution is -2.02. The van der Waals surface area contributed by atoms with Crippen molar-refractivity contribution in [3.05, 3.63) is 0 Å². The molecule has 0 aromatic heterocycles. The maximum absolute atomic E-state index is 10.4. The summed E-state index contributed by atoms with van der Waals surface area (Å²) in [6.45, 7) is 0. The smallest absolute Gasteiger partial charge is 0.203 e. The van der Waals surface area contributed by atoms with Crippen molar-refractivity contribution in [1.82, 2.24) is 0 Å². The summed E-state index contributed by atoms with van der Waals surface area (Å²) in [5.41, 5.74) is 0. The molecular formula is C3H6IO4S2-. The summed E-state index contributed by atoms with van der Waals surface area (Å²) in [4.78, 5) is 0. The van der Waals surface area contributed by atoms with Crippen LogP contribution < -0.4 is 0 Å². The van der Waals surface area contributed by atoms with E-state index in [1.54, 1.807) is 0 Å². The van der Waals surface area contributed by atoms with E-state index in [9.17, 15) is 17.2 Å². The summed E-state index contributed by atoms with van der Waals surface area (Å²) < 4.78 is 40.6. The minimum atomic E-state index is -3.02. The molecule has 0 aliphatic carbocycles. The fraction of sp³-hybridized carbons (Fsp3) is 1.00. The van der Waals surface area contributed by atoms with Crippen LogP contribution >= 0.6 is 21.2 Å². The lowest BCUT2D eigenvalue weighted by Gasteiger charge is -2.01.